The van der Waals surface area contributed by atoms with E-state index in [0.29, 0.717) is 23.0 Å². The third kappa shape index (κ3) is 4.63. The van der Waals surface area contributed by atoms with Crippen LogP contribution in [-0.4, -0.2) is 44.0 Å². The fourth-order valence-electron chi connectivity index (χ4n) is 2.26. The van der Waals surface area contributed by atoms with E-state index in [0.717, 1.165) is 12.3 Å². The Morgan fingerprint density at radius 3 is 2.62 bits per heavy atom. The van der Waals surface area contributed by atoms with Gasteiger partial charge in [-0.25, -0.2) is 8.42 Å². The Kier molecular flexibility index (Phi) is 5.61. The van der Waals surface area contributed by atoms with Crippen molar-refractivity contribution in [2.24, 2.45) is 5.92 Å². The largest absolute Gasteiger partial charge is 0.314 e. The normalized spacial score (nSPS) is 30.8. The summed E-state index contributed by atoms with van der Waals surface area (Å²) in [5.41, 5.74) is 0. The van der Waals surface area contributed by atoms with Crippen molar-refractivity contribution in [2.75, 3.05) is 24.3 Å². The fraction of sp³-hybridized carbons (Fsp3) is 1.00. The maximum atomic E-state index is 11.0. The summed E-state index contributed by atoms with van der Waals surface area (Å²) >= 11 is 1.83. The highest BCUT2D eigenvalue weighted by atomic mass is 32.2. The minimum atomic E-state index is -2.79. The molecule has 1 aliphatic carbocycles. The Balaban J connectivity index is 2.29. The van der Waals surface area contributed by atoms with Crippen molar-refractivity contribution >= 4 is 21.6 Å². The smallest absolute Gasteiger partial charge is 0.148 e. The lowest BCUT2D eigenvalue weighted by molar-refractivity contribution is 0.441. The number of rotatable bonds is 6. The number of sulfone groups is 1. The summed E-state index contributed by atoms with van der Waals surface area (Å²) in [6, 6.07) is 0.626. The highest BCUT2D eigenvalue weighted by Crippen LogP contribution is 2.35. The molecule has 1 saturated carbocycles. The van der Waals surface area contributed by atoms with Crippen molar-refractivity contribution < 1.29 is 8.42 Å². The SMILES string of the molecule is CCNC1CCC(SCCS(C)(=O)=O)C1C. The van der Waals surface area contributed by atoms with Crippen molar-refractivity contribution in [3.8, 4) is 0 Å². The van der Waals surface area contributed by atoms with Crippen LogP contribution in [-0.2, 0) is 9.84 Å². The molecule has 0 heterocycles. The predicted molar refractivity (Wildman–Crippen MR) is 71.8 cm³/mol. The summed E-state index contributed by atoms with van der Waals surface area (Å²) in [7, 11) is -2.79. The second-order valence-corrected chi connectivity index (χ2v) is 8.25. The molecule has 3 nitrogen and oxygen atoms in total. The van der Waals surface area contributed by atoms with Crippen LogP contribution in [0.1, 0.15) is 26.7 Å². The van der Waals surface area contributed by atoms with Crippen LogP contribution in [0, 0.1) is 5.92 Å². The van der Waals surface area contributed by atoms with Crippen molar-refractivity contribution in [3.63, 3.8) is 0 Å². The Morgan fingerprint density at radius 2 is 2.06 bits per heavy atom. The van der Waals surface area contributed by atoms with Gasteiger partial charge in [0.25, 0.3) is 0 Å². The molecule has 0 radical (unpaired) electrons. The topological polar surface area (TPSA) is 46.2 Å². The van der Waals surface area contributed by atoms with Gasteiger partial charge in [-0.2, -0.15) is 11.8 Å². The molecule has 96 valence electrons. The molecule has 1 rings (SSSR count). The highest BCUT2D eigenvalue weighted by molar-refractivity contribution is 8.01. The van der Waals surface area contributed by atoms with Gasteiger partial charge in [-0.05, 0) is 25.3 Å². The summed E-state index contributed by atoms with van der Waals surface area (Å²) in [6.07, 6.45) is 3.76. The van der Waals surface area contributed by atoms with Crippen LogP contribution >= 0.6 is 11.8 Å². The minimum absolute atomic E-state index is 0.312. The molecule has 0 saturated heterocycles. The number of hydrogen-bond acceptors (Lipinski definition) is 4. The lowest BCUT2D eigenvalue weighted by Crippen LogP contribution is -2.33. The van der Waals surface area contributed by atoms with E-state index in [1.165, 1.54) is 19.1 Å². The molecular formula is C11H23NO2S2. The summed E-state index contributed by atoms with van der Waals surface area (Å²) in [5.74, 6) is 1.71. The summed E-state index contributed by atoms with van der Waals surface area (Å²) < 4.78 is 22.1. The van der Waals surface area contributed by atoms with Crippen molar-refractivity contribution in [3.05, 3.63) is 0 Å². The number of hydrogen-bond donors (Lipinski definition) is 1. The van der Waals surface area contributed by atoms with Gasteiger partial charge in [0.15, 0.2) is 0 Å². The average Bonchev–Trinajstić information content (AvgIpc) is 2.48. The molecule has 1 N–H and O–H groups in total. The van der Waals surface area contributed by atoms with Gasteiger partial charge < -0.3 is 5.32 Å². The third-order valence-electron chi connectivity index (χ3n) is 3.24. The van der Waals surface area contributed by atoms with E-state index in [1.54, 1.807) is 0 Å². The molecule has 1 fully saturated rings. The van der Waals surface area contributed by atoms with Gasteiger partial charge in [0.05, 0.1) is 5.75 Å². The zero-order chi connectivity index (χ0) is 12.2. The Hall–Kier alpha value is 0.260. The second-order valence-electron chi connectivity index (χ2n) is 4.64. The molecule has 0 aromatic carbocycles. The van der Waals surface area contributed by atoms with E-state index in [4.69, 9.17) is 0 Å². The quantitative estimate of drug-likeness (QED) is 0.791. The maximum absolute atomic E-state index is 11.0. The summed E-state index contributed by atoms with van der Waals surface area (Å²) in [6.45, 7) is 5.44. The van der Waals surface area contributed by atoms with Gasteiger partial charge >= 0.3 is 0 Å². The fourth-order valence-corrected chi connectivity index (χ4v) is 4.96. The molecule has 0 bridgehead atoms. The standard InChI is InChI=1S/C11H23NO2S2/c1-4-12-10-5-6-11(9(10)2)15-7-8-16(3,13)14/h9-12H,4-8H2,1-3H3. The molecule has 16 heavy (non-hydrogen) atoms. The van der Waals surface area contributed by atoms with Crippen molar-refractivity contribution in [1.82, 2.24) is 5.32 Å². The molecule has 0 amide bonds. The molecular weight excluding hydrogens is 242 g/mol. The van der Waals surface area contributed by atoms with E-state index >= 15 is 0 Å². The van der Waals surface area contributed by atoms with Gasteiger partial charge in [-0.15, -0.1) is 0 Å². The molecule has 1 aliphatic rings. The lowest BCUT2D eigenvalue weighted by Gasteiger charge is -2.20. The van der Waals surface area contributed by atoms with Gasteiger partial charge in [0.1, 0.15) is 9.84 Å². The monoisotopic (exact) mass is 265 g/mol. The van der Waals surface area contributed by atoms with E-state index in [2.05, 4.69) is 19.2 Å². The molecule has 0 spiro atoms. The zero-order valence-corrected chi connectivity index (χ0v) is 12.0. The van der Waals surface area contributed by atoms with Crippen LogP contribution in [0.5, 0.6) is 0 Å². The first-order valence-electron chi connectivity index (χ1n) is 5.96. The molecule has 0 aromatic heterocycles. The van der Waals surface area contributed by atoms with Crippen molar-refractivity contribution in [1.29, 1.82) is 0 Å². The summed E-state index contributed by atoms with van der Waals surface area (Å²) in [4.78, 5) is 0. The van der Waals surface area contributed by atoms with Gasteiger partial charge in [0, 0.05) is 23.3 Å². The van der Waals surface area contributed by atoms with E-state index in [9.17, 15) is 8.42 Å². The van der Waals surface area contributed by atoms with Crippen molar-refractivity contribution in [2.45, 2.75) is 38.0 Å². The molecule has 0 aliphatic heterocycles. The van der Waals surface area contributed by atoms with Crippen LogP contribution in [0.25, 0.3) is 0 Å². The molecule has 5 heteroatoms. The molecule has 3 atom stereocenters. The highest BCUT2D eigenvalue weighted by Gasteiger charge is 2.32. The first kappa shape index (κ1) is 14.3. The Labute approximate surface area is 104 Å². The first-order valence-corrected chi connectivity index (χ1v) is 9.07. The lowest BCUT2D eigenvalue weighted by atomic mass is 10.1. The number of nitrogens with one attached hydrogen (secondary N) is 1. The van der Waals surface area contributed by atoms with Crippen LogP contribution in [0.15, 0.2) is 0 Å². The van der Waals surface area contributed by atoms with E-state index in [1.807, 2.05) is 11.8 Å². The van der Waals surface area contributed by atoms with Crippen LogP contribution in [0.2, 0.25) is 0 Å². The van der Waals surface area contributed by atoms with Crippen LogP contribution in [0.4, 0.5) is 0 Å². The molecule has 3 unspecified atom stereocenters. The first-order chi connectivity index (χ1) is 7.44. The zero-order valence-electron chi connectivity index (χ0n) is 10.4. The second kappa shape index (κ2) is 6.26. The Morgan fingerprint density at radius 1 is 1.38 bits per heavy atom. The molecule has 0 aromatic rings. The minimum Gasteiger partial charge on any atom is -0.314 e. The number of thioether (sulfide) groups is 1. The van der Waals surface area contributed by atoms with Crippen LogP contribution < -0.4 is 5.32 Å². The predicted octanol–water partition coefficient (Wildman–Crippen LogP) is 1.54. The van der Waals surface area contributed by atoms with Gasteiger partial charge in [0.2, 0.25) is 0 Å². The summed E-state index contributed by atoms with van der Waals surface area (Å²) in [5, 5.41) is 4.13. The van der Waals surface area contributed by atoms with Gasteiger partial charge in [-0.1, -0.05) is 13.8 Å². The third-order valence-corrected chi connectivity index (χ3v) is 5.97. The van der Waals surface area contributed by atoms with Crippen LogP contribution in [0.3, 0.4) is 0 Å². The van der Waals surface area contributed by atoms with E-state index < -0.39 is 9.84 Å². The van der Waals surface area contributed by atoms with Gasteiger partial charge in [-0.3, -0.25) is 0 Å². The maximum Gasteiger partial charge on any atom is 0.148 e. The van der Waals surface area contributed by atoms with E-state index in [-0.39, 0.29) is 0 Å². The average molecular weight is 265 g/mol. The Bertz CT molecular complexity index is 303.